The highest BCUT2D eigenvalue weighted by atomic mass is 31.1. The van der Waals surface area contributed by atoms with E-state index >= 15 is 0 Å². The zero-order chi connectivity index (χ0) is 20.2. The highest BCUT2D eigenvalue weighted by molar-refractivity contribution is 7.25. The minimum Gasteiger partial charge on any atom is -0.489 e. The molecule has 0 aliphatic rings. The first kappa shape index (κ1) is 19.1. The summed E-state index contributed by atoms with van der Waals surface area (Å²) >= 11 is 0. The normalized spacial score (nSPS) is 11.0. The zero-order valence-electron chi connectivity index (χ0n) is 15.9. The molecule has 0 unspecified atom stereocenters. The highest BCUT2D eigenvalue weighted by Crippen LogP contribution is 2.29. The van der Waals surface area contributed by atoms with Crippen LogP contribution in [-0.2, 0) is 11.2 Å². The molecule has 0 aliphatic heterocycles. The molecule has 0 spiro atoms. The van der Waals surface area contributed by atoms with Gasteiger partial charge in [0.1, 0.15) is 12.4 Å². The fourth-order valence-corrected chi connectivity index (χ4v) is 3.59. The number of hydrazine groups is 1. The number of rotatable bonds is 6. The van der Waals surface area contributed by atoms with Crippen LogP contribution in [0, 0.1) is 6.92 Å². The topological polar surface area (TPSA) is 68.5 Å². The summed E-state index contributed by atoms with van der Waals surface area (Å²) in [6.45, 7) is 2.32. The Labute approximate surface area is 171 Å². The summed E-state index contributed by atoms with van der Waals surface area (Å²) < 4.78 is 18.4. The zero-order valence-corrected chi connectivity index (χ0v) is 16.8. The molecule has 2 N–H and O–H groups in total. The third-order valence-electron chi connectivity index (χ3n) is 4.91. The molecule has 0 fully saturated rings. The minimum atomic E-state index is -0.266. The van der Waals surface area contributed by atoms with E-state index in [0.717, 1.165) is 38.8 Å². The van der Waals surface area contributed by atoms with E-state index in [0.29, 0.717) is 12.3 Å². The van der Waals surface area contributed by atoms with E-state index in [-0.39, 0.29) is 8.61 Å². The number of hydrogen-bond acceptors (Lipinski definition) is 4. The van der Waals surface area contributed by atoms with Gasteiger partial charge >= 0.3 is 0 Å². The molecule has 5 nitrogen and oxygen atoms in total. The molecule has 1 heterocycles. The smallest absolute Gasteiger partial charge is 0.297 e. The van der Waals surface area contributed by atoms with E-state index in [2.05, 4.69) is 23.2 Å². The molecule has 0 amide bonds. The van der Waals surface area contributed by atoms with Crippen molar-refractivity contribution >= 4 is 25.1 Å². The van der Waals surface area contributed by atoms with Gasteiger partial charge in [-0.1, -0.05) is 36.4 Å². The maximum absolute atomic E-state index is 11.2. The van der Waals surface area contributed by atoms with E-state index in [1.807, 2.05) is 61.7 Å². The van der Waals surface area contributed by atoms with Crippen LogP contribution < -0.4 is 15.4 Å². The van der Waals surface area contributed by atoms with E-state index in [1.165, 1.54) is 4.78 Å². The Kier molecular flexibility index (Phi) is 5.52. The molecule has 0 radical (unpaired) electrons. The Hall–Kier alpha value is -3.27. The number of fused-ring (bicyclic) bond motifs is 1. The number of anilines is 1. The molecule has 0 bridgehead atoms. The first-order valence-electron chi connectivity index (χ1n) is 9.19. The van der Waals surface area contributed by atoms with Gasteiger partial charge < -0.3 is 4.74 Å². The van der Waals surface area contributed by atoms with Gasteiger partial charge in [-0.05, 0) is 59.2 Å². The second-order valence-electron chi connectivity index (χ2n) is 6.75. The largest absolute Gasteiger partial charge is 0.489 e. The third kappa shape index (κ3) is 4.11. The molecule has 3 aromatic carbocycles. The van der Waals surface area contributed by atoms with E-state index in [4.69, 9.17) is 10.6 Å². The Morgan fingerprint density at radius 1 is 1.00 bits per heavy atom. The van der Waals surface area contributed by atoms with Crippen LogP contribution in [0.1, 0.15) is 11.1 Å². The summed E-state index contributed by atoms with van der Waals surface area (Å²) in [4.78, 5) is 4.20. The fraction of sp³-hybridized carbons (Fsp3) is 0.0870. The second kappa shape index (κ2) is 8.39. The number of nitrogens with two attached hydrogens (primary N) is 1. The monoisotopic (exact) mass is 401 g/mol. The highest BCUT2D eigenvalue weighted by Gasteiger charge is 2.11. The molecule has 144 valence electrons. The lowest BCUT2D eigenvalue weighted by molar-refractivity contribution is 0.306. The second-order valence-corrected chi connectivity index (χ2v) is 7.35. The molecule has 0 saturated carbocycles. The predicted molar refractivity (Wildman–Crippen MR) is 117 cm³/mol. The Balaban J connectivity index is 1.62. The van der Waals surface area contributed by atoms with Crippen LogP contribution in [0.5, 0.6) is 5.75 Å². The standard InChI is InChI=1S/C23H20N3O2P/c1-16-4-2-6-23(26(24)29-27)22(16)15-28-21-10-9-17-7-8-18(12-20(17)13-21)19-5-3-11-25-14-19/h2-14H,15,24H2,1H3. The van der Waals surface area contributed by atoms with Crippen LogP contribution in [-0.4, -0.2) is 4.98 Å². The van der Waals surface area contributed by atoms with Gasteiger partial charge in [0.2, 0.25) is 0 Å². The van der Waals surface area contributed by atoms with Crippen molar-refractivity contribution in [1.82, 2.24) is 4.98 Å². The lowest BCUT2D eigenvalue weighted by atomic mass is 10.0. The summed E-state index contributed by atoms with van der Waals surface area (Å²) in [7, 11) is -0.266. The minimum absolute atomic E-state index is 0.266. The van der Waals surface area contributed by atoms with Gasteiger partial charge in [0.05, 0.1) is 5.69 Å². The molecular formula is C23H20N3O2P. The van der Waals surface area contributed by atoms with Crippen molar-refractivity contribution in [2.24, 2.45) is 5.84 Å². The van der Waals surface area contributed by atoms with Gasteiger partial charge in [-0.25, -0.2) is 15.2 Å². The van der Waals surface area contributed by atoms with E-state index in [9.17, 15) is 4.57 Å². The molecule has 0 saturated heterocycles. The number of nitrogens with zero attached hydrogens (tertiary/aromatic N) is 2. The van der Waals surface area contributed by atoms with Gasteiger partial charge in [-0.15, -0.1) is 0 Å². The molecule has 4 aromatic rings. The van der Waals surface area contributed by atoms with Gasteiger partial charge in [0.15, 0.2) is 0 Å². The average Bonchev–Trinajstić information content (AvgIpc) is 2.77. The maximum atomic E-state index is 11.2. The number of aryl methyl sites for hydroxylation is 1. The number of aromatic nitrogens is 1. The van der Waals surface area contributed by atoms with Crippen LogP contribution in [0.25, 0.3) is 21.9 Å². The Morgan fingerprint density at radius 2 is 1.86 bits per heavy atom. The van der Waals surface area contributed by atoms with Crippen LogP contribution in [0.4, 0.5) is 5.69 Å². The predicted octanol–water partition coefficient (Wildman–Crippen LogP) is 5.68. The molecule has 1 aromatic heterocycles. The maximum Gasteiger partial charge on any atom is 0.297 e. The Morgan fingerprint density at radius 3 is 2.66 bits per heavy atom. The number of ether oxygens (including phenoxy) is 1. The van der Waals surface area contributed by atoms with Crippen molar-refractivity contribution in [2.45, 2.75) is 13.5 Å². The molecular weight excluding hydrogens is 381 g/mol. The number of benzene rings is 3. The van der Waals surface area contributed by atoms with Crippen molar-refractivity contribution < 1.29 is 9.30 Å². The molecule has 29 heavy (non-hydrogen) atoms. The van der Waals surface area contributed by atoms with Gasteiger partial charge in [-0.2, -0.15) is 0 Å². The van der Waals surface area contributed by atoms with Gasteiger partial charge in [0, 0.05) is 23.5 Å². The first-order chi connectivity index (χ1) is 14.2. The van der Waals surface area contributed by atoms with Crippen molar-refractivity contribution in [3.63, 3.8) is 0 Å². The molecule has 0 aliphatic carbocycles. The lowest BCUT2D eigenvalue weighted by Crippen LogP contribution is -2.21. The molecule has 6 heteroatoms. The first-order valence-corrected chi connectivity index (χ1v) is 9.96. The van der Waals surface area contributed by atoms with Crippen LogP contribution in [0.2, 0.25) is 0 Å². The van der Waals surface area contributed by atoms with Crippen molar-refractivity contribution in [3.8, 4) is 16.9 Å². The SMILES string of the molecule is Cc1cccc(N(N)P=O)c1COc1ccc2ccc(-c3cccnc3)cc2c1. The van der Waals surface area contributed by atoms with Crippen molar-refractivity contribution in [1.29, 1.82) is 0 Å². The van der Waals surface area contributed by atoms with Gasteiger partial charge in [0.25, 0.3) is 8.61 Å². The average molecular weight is 401 g/mol. The van der Waals surface area contributed by atoms with Crippen LogP contribution in [0.3, 0.4) is 0 Å². The molecule has 0 atom stereocenters. The Bertz CT molecular complexity index is 1170. The summed E-state index contributed by atoms with van der Waals surface area (Å²) in [6.07, 6.45) is 3.63. The van der Waals surface area contributed by atoms with Crippen LogP contribution >= 0.6 is 8.61 Å². The number of pyridine rings is 1. The molecule has 4 rings (SSSR count). The lowest BCUT2D eigenvalue weighted by Gasteiger charge is -2.17. The third-order valence-corrected chi connectivity index (χ3v) is 5.30. The van der Waals surface area contributed by atoms with E-state index in [1.54, 1.807) is 6.20 Å². The van der Waals surface area contributed by atoms with E-state index < -0.39 is 0 Å². The quantitative estimate of drug-likeness (QED) is 0.256. The van der Waals surface area contributed by atoms with Gasteiger partial charge in [-0.3, -0.25) is 4.98 Å². The summed E-state index contributed by atoms with van der Waals surface area (Å²) in [5, 5.41) is 2.23. The summed E-state index contributed by atoms with van der Waals surface area (Å²) in [5.74, 6) is 6.59. The van der Waals surface area contributed by atoms with Crippen molar-refractivity contribution in [2.75, 3.05) is 4.78 Å². The summed E-state index contributed by atoms with van der Waals surface area (Å²) in [6, 6.07) is 22.0. The summed E-state index contributed by atoms with van der Waals surface area (Å²) in [5.41, 5.74) is 4.80. The fourth-order valence-electron chi connectivity index (χ4n) is 3.32. The van der Waals surface area contributed by atoms with Crippen LogP contribution in [0.15, 0.2) is 79.1 Å². The van der Waals surface area contributed by atoms with Crippen molar-refractivity contribution in [3.05, 3.63) is 90.3 Å². The number of hydrogen-bond donors (Lipinski definition) is 1.